The van der Waals surface area contributed by atoms with Gasteiger partial charge in [-0.15, -0.1) is 0 Å². The Morgan fingerprint density at radius 1 is 1.20 bits per heavy atom. The summed E-state index contributed by atoms with van der Waals surface area (Å²) in [4.78, 5) is 24.7. The number of nitrogens with zero attached hydrogens (tertiary/aromatic N) is 2. The van der Waals surface area contributed by atoms with Gasteiger partial charge in [0.25, 0.3) is 0 Å². The Bertz CT molecular complexity index is 691. The highest BCUT2D eigenvalue weighted by molar-refractivity contribution is 6.42. The average molecular weight is 313 g/mol. The van der Waals surface area contributed by atoms with Gasteiger partial charge >= 0.3 is 5.69 Å². The maximum absolute atomic E-state index is 11.0. The summed E-state index contributed by atoms with van der Waals surface area (Å²) in [6.07, 6.45) is 3.24. The molecule has 20 heavy (non-hydrogen) atoms. The molecule has 0 bridgehead atoms. The third-order valence-corrected chi connectivity index (χ3v) is 3.02. The van der Waals surface area contributed by atoms with Crippen molar-refractivity contribution in [3.63, 3.8) is 0 Å². The summed E-state index contributed by atoms with van der Waals surface area (Å²) in [5, 5.41) is 11.1. The SMILES string of the molecule is O=Cc1cncc(Oc2cc(Cl)c(Cl)cc2[N+](=O)[O-])c1. The molecule has 2 aromatic rings. The standard InChI is InChI=1S/C12H6Cl2N2O4/c13-9-2-11(16(18)19)12(3-10(9)14)20-8-1-7(6-17)4-15-5-8/h1-6H. The number of nitro groups is 1. The molecule has 0 aliphatic carbocycles. The van der Waals surface area contributed by atoms with E-state index in [1.807, 2.05) is 0 Å². The van der Waals surface area contributed by atoms with Crippen molar-refractivity contribution in [2.75, 3.05) is 0 Å². The molecular formula is C12H6Cl2N2O4. The fourth-order valence-electron chi connectivity index (χ4n) is 1.43. The number of carbonyl (C=O) groups excluding carboxylic acids is 1. The third-order valence-electron chi connectivity index (χ3n) is 2.30. The van der Waals surface area contributed by atoms with E-state index < -0.39 is 4.92 Å². The van der Waals surface area contributed by atoms with Crippen molar-refractivity contribution in [3.8, 4) is 11.5 Å². The minimum Gasteiger partial charge on any atom is -0.448 e. The molecule has 1 aromatic carbocycles. The van der Waals surface area contributed by atoms with E-state index in [1.54, 1.807) is 0 Å². The summed E-state index contributed by atoms with van der Waals surface area (Å²) in [6, 6.07) is 3.72. The zero-order valence-electron chi connectivity index (χ0n) is 9.75. The van der Waals surface area contributed by atoms with E-state index in [-0.39, 0.29) is 32.8 Å². The minimum atomic E-state index is -0.644. The van der Waals surface area contributed by atoms with Gasteiger partial charge in [0.2, 0.25) is 5.75 Å². The topological polar surface area (TPSA) is 82.3 Å². The summed E-state index contributed by atoms with van der Waals surface area (Å²) in [7, 11) is 0. The average Bonchev–Trinajstić information content (AvgIpc) is 2.42. The first-order valence-corrected chi connectivity index (χ1v) is 5.98. The van der Waals surface area contributed by atoms with Gasteiger partial charge in [-0.3, -0.25) is 19.9 Å². The number of rotatable bonds is 4. The molecule has 0 unspecified atom stereocenters. The monoisotopic (exact) mass is 312 g/mol. The highest BCUT2D eigenvalue weighted by Gasteiger charge is 2.19. The molecule has 2 rings (SSSR count). The first kappa shape index (κ1) is 14.2. The van der Waals surface area contributed by atoms with E-state index in [0.717, 1.165) is 6.07 Å². The van der Waals surface area contributed by atoms with E-state index >= 15 is 0 Å². The van der Waals surface area contributed by atoms with Gasteiger partial charge in [0.15, 0.2) is 6.29 Å². The molecule has 1 heterocycles. The predicted octanol–water partition coefficient (Wildman–Crippen LogP) is 3.90. The number of carbonyl (C=O) groups is 1. The highest BCUT2D eigenvalue weighted by atomic mass is 35.5. The summed E-state index contributed by atoms with van der Waals surface area (Å²) >= 11 is 11.5. The molecule has 102 valence electrons. The van der Waals surface area contributed by atoms with Crippen molar-refractivity contribution in [3.05, 3.63) is 56.3 Å². The van der Waals surface area contributed by atoms with Gasteiger partial charge in [0.1, 0.15) is 5.75 Å². The lowest BCUT2D eigenvalue weighted by Gasteiger charge is -2.07. The number of pyridine rings is 1. The molecule has 1 aromatic heterocycles. The van der Waals surface area contributed by atoms with Crippen molar-refractivity contribution in [1.29, 1.82) is 0 Å². The second-order valence-corrected chi connectivity index (χ2v) is 4.48. The van der Waals surface area contributed by atoms with Crippen molar-refractivity contribution in [1.82, 2.24) is 4.98 Å². The molecule has 0 fully saturated rings. The molecule has 0 N–H and O–H groups in total. The van der Waals surface area contributed by atoms with Gasteiger partial charge in [0.05, 0.1) is 21.2 Å². The number of halogens is 2. The molecule has 0 saturated carbocycles. The molecule has 0 aliphatic heterocycles. The van der Waals surface area contributed by atoms with Gasteiger partial charge in [-0.25, -0.2) is 0 Å². The van der Waals surface area contributed by atoms with Gasteiger partial charge in [0, 0.05) is 23.9 Å². The molecule has 0 saturated heterocycles. The van der Waals surface area contributed by atoms with Crippen LogP contribution in [0.2, 0.25) is 10.0 Å². The lowest BCUT2D eigenvalue weighted by molar-refractivity contribution is -0.385. The number of benzene rings is 1. The van der Waals surface area contributed by atoms with Crippen LogP contribution in [0, 0.1) is 10.1 Å². The minimum absolute atomic E-state index is 0.0467. The van der Waals surface area contributed by atoms with E-state index in [2.05, 4.69) is 4.98 Å². The Kier molecular flexibility index (Phi) is 4.16. The summed E-state index contributed by atoms with van der Waals surface area (Å²) in [6.45, 7) is 0. The second kappa shape index (κ2) is 5.85. The maximum atomic E-state index is 11.0. The zero-order valence-corrected chi connectivity index (χ0v) is 11.3. The molecule has 0 atom stereocenters. The Morgan fingerprint density at radius 3 is 2.55 bits per heavy atom. The molecular weight excluding hydrogens is 307 g/mol. The molecule has 8 heteroatoms. The lowest BCUT2D eigenvalue weighted by atomic mass is 10.3. The van der Waals surface area contributed by atoms with Crippen LogP contribution >= 0.6 is 23.2 Å². The van der Waals surface area contributed by atoms with Crippen LogP contribution < -0.4 is 4.74 Å². The number of hydrogen-bond acceptors (Lipinski definition) is 5. The lowest BCUT2D eigenvalue weighted by Crippen LogP contribution is -1.95. The Labute approximate surface area is 123 Å². The fourth-order valence-corrected chi connectivity index (χ4v) is 1.74. The fraction of sp³-hybridized carbons (Fsp3) is 0. The molecule has 0 spiro atoms. The molecule has 0 aliphatic rings. The summed E-state index contributed by atoms with van der Waals surface area (Å²) < 4.78 is 5.34. The number of aromatic nitrogens is 1. The van der Waals surface area contributed by atoms with Gasteiger partial charge in [-0.05, 0) is 6.07 Å². The zero-order chi connectivity index (χ0) is 14.7. The number of hydrogen-bond donors (Lipinski definition) is 0. The van der Waals surface area contributed by atoms with Gasteiger partial charge < -0.3 is 4.74 Å². The van der Waals surface area contributed by atoms with Crippen molar-refractivity contribution in [2.45, 2.75) is 0 Å². The van der Waals surface area contributed by atoms with Crippen LogP contribution in [0.5, 0.6) is 11.5 Å². The van der Waals surface area contributed by atoms with Crippen molar-refractivity contribution >= 4 is 35.2 Å². The van der Waals surface area contributed by atoms with Crippen molar-refractivity contribution in [2.24, 2.45) is 0 Å². The second-order valence-electron chi connectivity index (χ2n) is 3.67. The van der Waals surface area contributed by atoms with Crippen LogP contribution in [0.25, 0.3) is 0 Å². The Hall–Kier alpha value is -2.18. The quantitative estimate of drug-likeness (QED) is 0.485. The molecule has 0 amide bonds. The predicted molar refractivity (Wildman–Crippen MR) is 72.8 cm³/mol. The summed E-state index contributed by atoms with van der Waals surface area (Å²) in [5.74, 6) is 0.0883. The van der Waals surface area contributed by atoms with E-state index in [0.29, 0.717) is 6.29 Å². The van der Waals surface area contributed by atoms with Gasteiger partial charge in [-0.1, -0.05) is 23.2 Å². The van der Waals surface area contributed by atoms with Crippen LogP contribution in [-0.4, -0.2) is 16.2 Å². The maximum Gasteiger partial charge on any atom is 0.313 e. The largest absolute Gasteiger partial charge is 0.448 e. The molecule has 6 nitrogen and oxygen atoms in total. The van der Waals surface area contributed by atoms with Crippen LogP contribution in [0.4, 0.5) is 5.69 Å². The highest BCUT2D eigenvalue weighted by Crippen LogP contribution is 2.37. The van der Waals surface area contributed by atoms with E-state index in [1.165, 1.54) is 24.5 Å². The number of ether oxygens (including phenoxy) is 1. The first-order valence-electron chi connectivity index (χ1n) is 5.23. The van der Waals surface area contributed by atoms with Gasteiger partial charge in [-0.2, -0.15) is 0 Å². The van der Waals surface area contributed by atoms with Crippen LogP contribution in [0.1, 0.15) is 10.4 Å². The smallest absolute Gasteiger partial charge is 0.313 e. The normalized spacial score (nSPS) is 10.1. The Morgan fingerprint density at radius 2 is 1.90 bits per heavy atom. The van der Waals surface area contributed by atoms with Crippen LogP contribution in [0.3, 0.4) is 0 Å². The summed E-state index contributed by atoms with van der Waals surface area (Å²) in [5.41, 5.74) is -0.0545. The van der Waals surface area contributed by atoms with E-state index in [4.69, 9.17) is 27.9 Å². The first-order chi connectivity index (χ1) is 9.51. The number of nitro benzene ring substituents is 1. The van der Waals surface area contributed by atoms with Crippen LogP contribution in [-0.2, 0) is 0 Å². The number of aldehydes is 1. The Balaban J connectivity index is 2.44. The van der Waals surface area contributed by atoms with Crippen LogP contribution in [0.15, 0.2) is 30.6 Å². The van der Waals surface area contributed by atoms with E-state index in [9.17, 15) is 14.9 Å². The molecule has 0 radical (unpaired) electrons. The van der Waals surface area contributed by atoms with Crippen molar-refractivity contribution < 1.29 is 14.5 Å². The third kappa shape index (κ3) is 3.04.